The van der Waals surface area contributed by atoms with Crippen molar-refractivity contribution in [2.24, 2.45) is 5.92 Å². The number of carbonyl (C=O) groups is 2. The highest BCUT2D eigenvalue weighted by Gasteiger charge is 2.28. The summed E-state index contributed by atoms with van der Waals surface area (Å²) in [6.45, 7) is 5.66. The van der Waals surface area contributed by atoms with Gasteiger partial charge in [-0.15, -0.1) is 0 Å². The highest BCUT2D eigenvalue weighted by atomic mass is 19.4. The van der Waals surface area contributed by atoms with E-state index in [-0.39, 0.29) is 29.9 Å². The second kappa shape index (κ2) is 9.69. The van der Waals surface area contributed by atoms with Crippen LogP contribution in [0.3, 0.4) is 0 Å². The van der Waals surface area contributed by atoms with Crippen LogP contribution in [0.4, 0.5) is 13.2 Å². The molecule has 2 aromatic rings. The highest BCUT2D eigenvalue weighted by molar-refractivity contribution is 5.95. The summed E-state index contributed by atoms with van der Waals surface area (Å²) in [4.78, 5) is 32.8. The maximum absolute atomic E-state index is 12.6. The van der Waals surface area contributed by atoms with Gasteiger partial charge in [-0.1, -0.05) is 19.9 Å². The lowest BCUT2D eigenvalue weighted by atomic mass is 10.0. The predicted molar refractivity (Wildman–Crippen MR) is 104 cm³/mol. The molecule has 6 nitrogen and oxygen atoms in total. The number of aryl methyl sites for hydroxylation is 1. The Morgan fingerprint density at radius 3 is 2.43 bits per heavy atom. The highest BCUT2D eigenvalue weighted by Crippen LogP contribution is 2.19. The Labute approximate surface area is 172 Å². The van der Waals surface area contributed by atoms with Gasteiger partial charge < -0.3 is 10.1 Å². The first-order valence-corrected chi connectivity index (χ1v) is 9.41. The molecule has 1 unspecified atom stereocenters. The van der Waals surface area contributed by atoms with Crippen molar-refractivity contribution < 1.29 is 27.5 Å². The first kappa shape index (κ1) is 23.3. The van der Waals surface area contributed by atoms with Crippen LogP contribution in [0, 0.1) is 12.8 Å². The Morgan fingerprint density at radius 1 is 1.17 bits per heavy atom. The second-order valence-corrected chi connectivity index (χ2v) is 7.32. The summed E-state index contributed by atoms with van der Waals surface area (Å²) in [5.74, 6) is -0.602. The van der Waals surface area contributed by atoms with Crippen LogP contribution in [-0.2, 0) is 11.2 Å². The van der Waals surface area contributed by atoms with Crippen molar-refractivity contribution in [1.82, 2.24) is 15.3 Å². The van der Waals surface area contributed by atoms with Crippen molar-refractivity contribution in [2.75, 3.05) is 6.61 Å². The second-order valence-electron chi connectivity index (χ2n) is 7.32. The molecule has 30 heavy (non-hydrogen) atoms. The van der Waals surface area contributed by atoms with E-state index in [2.05, 4.69) is 20.0 Å². The number of pyridine rings is 2. The number of hydrogen-bond acceptors (Lipinski definition) is 5. The Kier molecular flexibility index (Phi) is 7.53. The van der Waals surface area contributed by atoms with Crippen molar-refractivity contribution in [3.63, 3.8) is 0 Å². The third-order valence-corrected chi connectivity index (χ3v) is 4.26. The summed E-state index contributed by atoms with van der Waals surface area (Å²) in [7, 11) is 0. The summed E-state index contributed by atoms with van der Waals surface area (Å²) in [6.07, 6.45) is -2.94. The molecule has 0 bridgehead atoms. The average Bonchev–Trinajstić information content (AvgIpc) is 2.65. The van der Waals surface area contributed by atoms with Gasteiger partial charge in [0.05, 0.1) is 6.04 Å². The summed E-state index contributed by atoms with van der Waals surface area (Å²) in [6, 6.07) is 5.61. The van der Waals surface area contributed by atoms with Crippen LogP contribution in [0.25, 0.3) is 0 Å². The molecule has 0 saturated carbocycles. The number of rotatable bonds is 8. The van der Waals surface area contributed by atoms with Crippen molar-refractivity contribution in [3.8, 4) is 5.88 Å². The molecule has 162 valence electrons. The van der Waals surface area contributed by atoms with Crippen molar-refractivity contribution >= 4 is 11.7 Å². The summed E-state index contributed by atoms with van der Waals surface area (Å²) < 4.78 is 41.2. The quantitative estimate of drug-likeness (QED) is 0.695. The molecule has 0 radical (unpaired) electrons. The minimum Gasteiger partial charge on any atom is -0.468 e. The van der Waals surface area contributed by atoms with Gasteiger partial charge in [-0.2, -0.15) is 13.2 Å². The van der Waals surface area contributed by atoms with Gasteiger partial charge in [0.25, 0.3) is 5.91 Å². The lowest BCUT2D eigenvalue weighted by molar-refractivity contribution is -0.154. The fourth-order valence-electron chi connectivity index (χ4n) is 2.59. The minimum atomic E-state index is -4.44. The molecular formula is C21H24F3N3O3. The van der Waals surface area contributed by atoms with Gasteiger partial charge >= 0.3 is 6.18 Å². The number of halogens is 3. The molecule has 0 fully saturated rings. The van der Waals surface area contributed by atoms with E-state index in [0.29, 0.717) is 22.5 Å². The van der Waals surface area contributed by atoms with Gasteiger partial charge in [-0.3, -0.25) is 14.6 Å². The molecule has 1 atom stereocenters. The van der Waals surface area contributed by atoms with Gasteiger partial charge in [0.1, 0.15) is 5.78 Å². The molecule has 2 rings (SSSR count). The molecule has 0 aliphatic heterocycles. The molecule has 1 amide bonds. The minimum absolute atomic E-state index is 0.0340. The van der Waals surface area contributed by atoms with Gasteiger partial charge in [0, 0.05) is 41.6 Å². The van der Waals surface area contributed by atoms with Gasteiger partial charge in [0.2, 0.25) is 5.88 Å². The number of aromatic nitrogens is 2. The topological polar surface area (TPSA) is 81.2 Å². The SMILES string of the molecule is Cc1cc(C(=O)NC(C)c2ccc(OCC(F)(F)F)nc2)cc(CC(=O)C(C)C)n1. The first-order chi connectivity index (χ1) is 13.9. The smallest absolute Gasteiger partial charge is 0.422 e. The standard InChI is InChI=1S/C21H24F3N3O3/c1-12(2)18(28)9-17-8-16(7-13(3)26-17)20(29)27-14(4)15-5-6-19(25-10-15)30-11-21(22,23)24/h5-8,10,12,14H,9,11H2,1-4H3,(H,27,29). The Morgan fingerprint density at radius 2 is 1.87 bits per heavy atom. The fourth-order valence-corrected chi connectivity index (χ4v) is 2.59. The Hall–Kier alpha value is -2.97. The third-order valence-electron chi connectivity index (χ3n) is 4.26. The summed E-state index contributed by atoms with van der Waals surface area (Å²) in [5, 5.41) is 2.81. The molecule has 0 saturated heterocycles. The molecule has 0 aliphatic carbocycles. The third kappa shape index (κ3) is 7.13. The Balaban J connectivity index is 2.04. The normalized spacial score (nSPS) is 12.5. The lowest BCUT2D eigenvalue weighted by Gasteiger charge is -2.15. The predicted octanol–water partition coefficient (Wildman–Crippen LogP) is 3.98. The Bertz CT molecular complexity index is 897. The van der Waals surface area contributed by atoms with Crippen LogP contribution in [0.2, 0.25) is 0 Å². The molecule has 0 spiro atoms. The maximum Gasteiger partial charge on any atom is 0.422 e. The van der Waals surface area contributed by atoms with E-state index in [9.17, 15) is 22.8 Å². The average molecular weight is 423 g/mol. The van der Waals surface area contributed by atoms with Crippen LogP contribution in [0.1, 0.15) is 54.1 Å². The van der Waals surface area contributed by atoms with Gasteiger partial charge in [-0.25, -0.2) is 4.98 Å². The maximum atomic E-state index is 12.6. The number of nitrogens with one attached hydrogen (secondary N) is 1. The van der Waals surface area contributed by atoms with E-state index < -0.39 is 18.8 Å². The monoisotopic (exact) mass is 423 g/mol. The van der Waals surface area contributed by atoms with Crippen LogP contribution in [0.5, 0.6) is 5.88 Å². The first-order valence-electron chi connectivity index (χ1n) is 9.41. The van der Waals surface area contributed by atoms with E-state index in [4.69, 9.17) is 0 Å². The lowest BCUT2D eigenvalue weighted by Crippen LogP contribution is -2.27. The zero-order chi connectivity index (χ0) is 22.5. The van der Waals surface area contributed by atoms with Gasteiger partial charge in [0.15, 0.2) is 6.61 Å². The molecule has 0 aromatic carbocycles. The summed E-state index contributed by atoms with van der Waals surface area (Å²) >= 11 is 0. The number of carbonyl (C=O) groups excluding carboxylic acids is 2. The van der Waals surface area contributed by atoms with Crippen molar-refractivity contribution in [3.05, 3.63) is 53.0 Å². The molecule has 0 aliphatic rings. The van der Waals surface area contributed by atoms with E-state index >= 15 is 0 Å². The van der Waals surface area contributed by atoms with E-state index in [1.165, 1.54) is 18.3 Å². The van der Waals surface area contributed by atoms with Gasteiger partial charge in [-0.05, 0) is 31.5 Å². The molecule has 1 N–H and O–H groups in total. The zero-order valence-electron chi connectivity index (χ0n) is 17.2. The number of Topliss-reactive ketones (excluding diaryl/α,β-unsaturated/α-hetero) is 1. The van der Waals surface area contributed by atoms with Crippen molar-refractivity contribution in [2.45, 2.75) is 46.3 Å². The number of hydrogen-bond donors (Lipinski definition) is 1. The zero-order valence-corrected chi connectivity index (χ0v) is 17.2. The van der Waals surface area contributed by atoms with E-state index in [0.717, 1.165) is 0 Å². The largest absolute Gasteiger partial charge is 0.468 e. The van der Waals surface area contributed by atoms with E-state index in [1.807, 2.05) is 0 Å². The number of amides is 1. The van der Waals surface area contributed by atoms with Crippen LogP contribution in [0.15, 0.2) is 30.5 Å². The summed E-state index contributed by atoms with van der Waals surface area (Å²) in [5.41, 5.74) is 2.12. The number of nitrogens with zero attached hydrogens (tertiary/aromatic N) is 2. The molecule has 2 aromatic heterocycles. The number of alkyl halides is 3. The van der Waals surface area contributed by atoms with Crippen LogP contribution in [-0.4, -0.2) is 34.4 Å². The molecular weight excluding hydrogens is 399 g/mol. The molecule has 2 heterocycles. The molecule has 9 heteroatoms. The number of ether oxygens (including phenoxy) is 1. The van der Waals surface area contributed by atoms with Crippen molar-refractivity contribution in [1.29, 1.82) is 0 Å². The van der Waals surface area contributed by atoms with Crippen LogP contribution >= 0.6 is 0 Å². The number of ketones is 1. The van der Waals surface area contributed by atoms with E-state index in [1.54, 1.807) is 39.8 Å². The van der Waals surface area contributed by atoms with Crippen LogP contribution < -0.4 is 10.1 Å². The fraction of sp³-hybridized carbons (Fsp3) is 0.429.